The Morgan fingerprint density at radius 3 is 2.39 bits per heavy atom. The summed E-state index contributed by atoms with van der Waals surface area (Å²) < 4.78 is 59.6. The topological polar surface area (TPSA) is 46.2 Å². The molecule has 0 unspecified atom stereocenters. The highest BCUT2D eigenvalue weighted by molar-refractivity contribution is 7.90. The first kappa shape index (κ1) is 15.0. The molecule has 0 spiro atoms. The van der Waals surface area contributed by atoms with Gasteiger partial charge >= 0.3 is 6.18 Å². The maximum absolute atomic E-state index is 12.6. The fourth-order valence-corrected chi connectivity index (χ4v) is 1.95. The average Bonchev–Trinajstić information content (AvgIpc) is 2.22. The molecule has 3 nitrogen and oxygen atoms in total. The molecule has 0 saturated carbocycles. The Kier molecular flexibility index (Phi) is 4.75. The van der Waals surface area contributed by atoms with Gasteiger partial charge in [0.2, 0.25) is 0 Å². The highest BCUT2D eigenvalue weighted by Crippen LogP contribution is 2.31. The van der Waals surface area contributed by atoms with Crippen LogP contribution in [-0.2, 0) is 22.6 Å². The van der Waals surface area contributed by atoms with Gasteiger partial charge in [-0.25, -0.2) is 8.42 Å². The fraction of sp³-hybridized carbons (Fsp3) is 0.455. The molecule has 102 valence electrons. The van der Waals surface area contributed by atoms with Gasteiger partial charge in [0.25, 0.3) is 0 Å². The second-order valence-corrected chi connectivity index (χ2v) is 6.22. The van der Waals surface area contributed by atoms with Crippen LogP contribution in [-0.4, -0.2) is 27.0 Å². The van der Waals surface area contributed by atoms with E-state index in [0.29, 0.717) is 0 Å². The number of sulfone groups is 1. The van der Waals surface area contributed by atoms with Crippen LogP contribution < -0.4 is 5.32 Å². The summed E-state index contributed by atoms with van der Waals surface area (Å²) in [5.74, 6) is -0.0960. The van der Waals surface area contributed by atoms with Gasteiger partial charge in [-0.05, 0) is 11.6 Å². The van der Waals surface area contributed by atoms with Crippen molar-refractivity contribution in [1.82, 2.24) is 5.32 Å². The molecule has 0 aliphatic heterocycles. The van der Waals surface area contributed by atoms with Crippen LogP contribution in [0.5, 0.6) is 0 Å². The summed E-state index contributed by atoms with van der Waals surface area (Å²) in [5, 5.41) is 2.69. The molecule has 0 aliphatic carbocycles. The van der Waals surface area contributed by atoms with E-state index >= 15 is 0 Å². The number of benzene rings is 1. The van der Waals surface area contributed by atoms with Crippen molar-refractivity contribution in [2.24, 2.45) is 0 Å². The minimum Gasteiger partial charge on any atom is -0.312 e. The fourth-order valence-electron chi connectivity index (χ4n) is 1.43. The van der Waals surface area contributed by atoms with Crippen LogP contribution in [0.1, 0.15) is 11.1 Å². The lowest BCUT2D eigenvalue weighted by atomic mass is 10.1. The summed E-state index contributed by atoms with van der Waals surface area (Å²) in [6.45, 7) is 0.121. The van der Waals surface area contributed by atoms with Crippen molar-refractivity contribution in [1.29, 1.82) is 0 Å². The quantitative estimate of drug-likeness (QED) is 0.838. The minimum atomic E-state index is -4.39. The summed E-state index contributed by atoms with van der Waals surface area (Å²) >= 11 is 0. The number of alkyl halides is 3. The lowest BCUT2D eigenvalue weighted by Crippen LogP contribution is -2.23. The first-order valence-corrected chi connectivity index (χ1v) is 7.30. The zero-order chi connectivity index (χ0) is 13.8. The molecule has 1 aromatic rings. The predicted molar refractivity (Wildman–Crippen MR) is 62.9 cm³/mol. The van der Waals surface area contributed by atoms with E-state index in [1.165, 1.54) is 18.2 Å². The predicted octanol–water partition coefficient (Wildman–Crippen LogP) is 1.84. The van der Waals surface area contributed by atoms with Crippen molar-refractivity contribution >= 4 is 9.84 Å². The van der Waals surface area contributed by atoms with Crippen molar-refractivity contribution in [3.63, 3.8) is 0 Å². The van der Waals surface area contributed by atoms with Crippen LogP contribution in [0, 0.1) is 0 Å². The normalized spacial score (nSPS) is 12.7. The van der Waals surface area contributed by atoms with Crippen molar-refractivity contribution in [2.45, 2.75) is 12.7 Å². The Morgan fingerprint density at radius 2 is 1.83 bits per heavy atom. The number of hydrogen-bond donors (Lipinski definition) is 1. The van der Waals surface area contributed by atoms with Crippen LogP contribution in [0.15, 0.2) is 24.3 Å². The monoisotopic (exact) mass is 281 g/mol. The van der Waals surface area contributed by atoms with Gasteiger partial charge in [0, 0.05) is 19.3 Å². The Bertz CT molecular complexity index is 497. The van der Waals surface area contributed by atoms with E-state index in [1.807, 2.05) is 0 Å². The highest BCUT2D eigenvalue weighted by Gasteiger charge is 2.32. The van der Waals surface area contributed by atoms with E-state index in [2.05, 4.69) is 5.32 Å². The van der Waals surface area contributed by atoms with Crippen LogP contribution >= 0.6 is 0 Å². The minimum absolute atomic E-state index is 0.00873. The molecule has 0 fully saturated rings. The van der Waals surface area contributed by atoms with Crippen molar-refractivity contribution in [3.05, 3.63) is 35.4 Å². The molecule has 0 saturated heterocycles. The van der Waals surface area contributed by atoms with Crippen LogP contribution in [0.4, 0.5) is 13.2 Å². The van der Waals surface area contributed by atoms with Crippen molar-refractivity contribution < 1.29 is 21.6 Å². The van der Waals surface area contributed by atoms with Crippen molar-refractivity contribution in [3.8, 4) is 0 Å². The Hall–Kier alpha value is -1.08. The molecule has 0 radical (unpaired) electrons. The molecule has 7 heteroatoms. The smallest absolute Gasteiger partial charge is 0.312 e. The van der Waals surface area contributed by atoms with Gasteiger partial charge in [0.1, 0.15) is 9.84 Å². The molecule has 18 heavy (non-hydrogen) atoms. The van der Waals surface area contributed by atoms with Gasteiger partial charge in [0.15, 0.2) is 0 Å². The zero-order valence-corrected chi connectivity index (χ0v) is 10.6. The lowest BCUT2D eigenvalue weighted by Gasteiger charge is -2.12. The zero-order valence-electron chi connectivity index (χ0n) is 9.79. The number of rotatable bonds is 5. The van der Waals surface area contributed by atoms with E-state index in [4.69, 9.17) is 0 Å². The summed E-state index contributed by atoms with van der Waals surface area (Å²) in [4.78, 5) is 0. The Balaban J connectivity index is 2.63. The highest BCUT2D eigenvalue weighted by atomic mass is 32.2. The molecule has 1 N–H and O–H groups in total. The molecule has 1 rings (SSSR count). The SMILES string of the molecule is CS(=O)(=O)CCNCc1ccccc1C(F)(F)F. The molecule has 0 bridgehead atoms. The third kappa shape index (κ3) is 5.05. The first-order chi connectivity index (χ1) is 8.20. The number of hydrogen-bond acceptors (Lipinski definition) is 3. The second-order valence-electron chi connectivity index (χ2n) is 3.96. The third-order valence-corrected chi connectivity index (χ3v) is 3.23. The van der Waals surface area contributed by atoms with E-state index in [1.54, 1.807) is 0 Å². The van der Waals surface area contributed by atoms with E-state index < -0.39 is 21.6 Å². The molecular formula is C11H14F3NO2S. The number of halogens is 3. The second kappa shape index (κ2) is 5.71. The Labute approximate surface area is 104 Å². The summed E-state index contributed by atoms with van der Waals surface area (Å²) in [6, 6.07) is 5.22. The van der Waals surface area contributed by atoms with Gasteiger partial charge in [-0.1, -0.05) is 18.2 Å². The molecule has 0 aromatic heterocycles. The van der Waals surface area contributed by atoms with Crippen molar-refractivity contribution in [2.75, 3.05) is 18.6 Å². The van der Waals surface area contributed by atoms with Gasteiger partial charge in [-0.2, -0.15) is 13.2 Å². The molecule has 1 aromatic carbocycles. The van der Waals surface area contributed by atoms with E-state index in [9.17, 15) is 21.6 Å². The van der Waals surface area contributed by atoms with Gasteiger partial charge in [-0.15, -0.1) is 0 Å². The van der Waals surface area contributed by atoms with Crippen LogP contribution in [0.25, 0.3) is 0 Å². The lowest BCUT2D eigenvalue weighted by molar-refractivity contribution is -0.138. The van der Waals surface area contributed by atoms with E-state index in [-0.39, 0.29) is 24.4 Å². The standard InChI is InChI=1S/C11H14F3NO2S/c1-18(16,17)7-6-15-8-9-4-2-3-5-10(9)11(12,13)14/h2-5,15H,6-8H2,1H3. The van der Waals surface area contributed by atoms with Crippen LogP contribution in [0.2, 0.25) is 0 Å². The average molecular weight is 281 g/mol. The first-order valence-electron chi connectivity index (χ1n) is 5.24. The van der Waals surface area contributed by atoms with E-state index in [0.717, 1.165) is 12.3 Å². The third-order valence-electron chi connectivity index (χ3n) is 2.29. The van der Waals surface area contributed by atoms with Crippen LogP contribution in [0.3, 0.4) is 0 Å². The number of nitrogens with one attached hydrogen (secondary N) is 1. The summed E-state index contributed by atoms with van der Waals surface area (Å²) in [5.41, 5.74) is -0.588. The molecular weight excluding hydrogens is 267 g/mol. The molecule has 0 aliphatic rings. The molecule has 0 heterocycles. The summed E-state index contributed by atoms with van der Waals surface area (Å²) in [7, 11) is -3.10. The molecule has 0 atom stereocenters. The van der Waals surface area contributed by atoms with Gasteiger partial charge in [-0.3, -0.25) is 0 Å². The molecule has 0 amide bonds. The van der Waals surface area contributed by atoms with Gasteiger partial charge < -0.3 is 5.32 Å². The largest absolute Gasteiger partial charge is 0.416 e. The summed E-state index contributed by atoms with van der Waals surface area (Å²) in [6.07, 6.45) is -3.31. The van der Waals surface area contributed by atoms with Gasteiger partial charge in [0.05, 0.1) is 11.3 Å². The Morgan fingerprint density at radius 1 is 1.22 bits per heavy atom. The maximum atomic E-state index is 12.6. The maximum Gasteiger partial charge on any atom is 0.416 e.